The molecule has 2 N–H and O–H groups in total. The van der Waals surface area contributed by atoms with Crippen molar-refractivity contribution in [3.63, 3.8) is 0 Å². The van der Waals surface area contributed by atoms with Gasteiger partial charge in [0, 0.05) is 7.05 Å². The monoisotopic (exact) mass is 249 g/mol. The van der Waals surface area contributed by atoms with E-state index in [1.807, 2.05) is 0 Å². The van der Waals surface area contributed by atoms with E-state index in [0.717, 1.165) is 0 Å². The molecule has 2 rings (SSSR count). The number of rotatable bonds is 2. The zero-order valence-corrected chi connectivity index (χ0v) is 9.98. The maximum Gasteiger partial charge on any atom is 0.359 e. The molecule has 0 aliphatic rings. The molecular weight excluding hydrogens is 237 g/mol. The Morgan fingerprint density at radius 1 is 1.50 bits per heavy atom. The van der Waals surface area contributed by atoms with Crippen molar-refractivity contribution in [2.75, 3.05) is 12.8 Å². The van der Waals surface area contributed by atoms with Crippen LogP contribution in [0.5, 0.6) is 0 Å². The third-order valence-corrected chi connectivity index (χ3v) is 2.58. The van der Waals surface area contributed by atoms with E-state index in [0.29, 0.717) is 11.1 Å². The number of methoxy groups -OCH3 is 1. The molecule has 0 saturated carbocycles. The third kappa shape index (κ3) is 1.92. The van der Waals surface area contributed by atoms with E-state index in [9.17, 15) is 9.18 Å². The first-order valence-electron chi connectivity index (χ1n) is 5.21. The Kier molecular flexibility index (Phi) is 3.01. The number of halogens is 1. The highest BCUT2D eigenvalue weighted by Gasteiger charge is 2.22. The Morgan fingerprint density at radius 2 is 2.22 bits per heavy atom. The van der Waals surface area contributed by atoms with Crippen LogP contribution in [0.15, 0.2) is 24.3 Å². The molecule has 1 aromatic heterocycles. The summed E-state index contributed by atoms with van der Waals surface area (Å²) in [6.07, 6.45) is 0. The molecule has 0 unspecified atom stereocenters. The van der Waals surface area contributed by atoms with Crippen LogP contribution in [0.3, 0.4) is 0 Å². The number of hydrogen-bond acceptors (Lipinski definition) is 4. The van der Waals surface area contributed by atoms with Gasteiger partial charge < -0.3 is 10.5 Å². The lowest BCUT2D eigenvalue weighted by Gasteiger charge is -2.03. The Bertz CT molecular complexity index is 607. The summed E-state index contributed by atoms with van der Waals surface area (Å²) in [6.45, 7) is 0. The molecule has 94 valence electrons. The van der Waals surface area contributed by atoms with Crippen LogP contribution >= 0.6 is 0 Å². The quantitative estimate of drug-likeness (QED) is 0.820. The number of ether oxygens (including phenoxy) is 1. The molecular formula is C12H12FN3O2. The van der Waals surface area contributed by atoms with Crippen LogP contribution in [-0.2, 0) is 11.8 Å². The van der Waals surface area contributed by atoms with Crippen LogP contribution in [-0.4, -0.2) is 22.9 Å². The zero-order valence-electron chi connectivity index (χ0n) is 9.98. The number of hydrogen-bond donors (Lipinski definition) is 1. The van der Waals surface area contributed by atoms with Crippen molar-refractivity contribution in [1.82, 2.24) is 9.78 Å². The highest BCUT2D eigenvalue weighted by molar-refractivity contribution is 5.98. The van der Waals surface area contributed by atoms with Gasteiger partial charge in [-0.1, -0.05) is 12.1 Å². The molecule has 0 bridgehead atoms. The fourth-order valence-electron chi connectivity index (χ4n) is 1.71. The van der Waals surface area contributed by atoms with Crippen LogP contribution in [0, 0.1) is 5.82 Å². The van der Waals surface area contributed by atoms with Crippen LogP contribution in [0.25, 0.3) is 11.1 Å². The molecule has 0 aliphatic heterocycles. The van der Waals surface area contributed by atoms with E-state index in [-0.39, 0.29) is 11.5 Å². The highest BCUT2D eigenvalue weighted by atomic mass is 19.1. The summed E-state index contributed by atoms with van der Waals surface area (Å²) in [7, 11) is 2.85. The molecule has 0 aliphatic carbocycles. The lowest BCUT2D eigenvalue weighted by atomic mass is 10.1. The minimum atomic E-state index is -0.610. The lowest BCUT2D eigenvalue weighted by Crippen LogP contribution is -2.04. The Morgan fingerprint density at radius 3 is 2.83 bits per heavy atom. The second-order valence-corrected chi connectivity index (χ2v) is 3.73. The van der Waals surface area contributed by atoms with Crippen LogP contribution in [0.2, 0.25) is 0 Å². The van der Waals surface area contributed by atoms with Gasteiger partial charge in [-0.25, -0.2) is 9.18 Å². The molecule has 5 nitrogen and oxygen atoms in total. The number of carbonyl (C=O) groups is 1. The van der Waals surface area contributed by atoms with Crippen molar-refractivity contribution < 1.29 is 13.9 Å². The number of aryl methyl sites for hydroxylation is 1. The van der Waals surface area contributed by atoms with Gasteiger partial charge in [-0.2, -0.15) is 5.10 Å². The number of nitrogens with zero attached hydrogens (tertiary/aromatic N) is 2. The summed E-state index contributed by atoms with van der Waals surface area (Å²) >= 11 is 0. The van der Waals surface area contributed by atoms with E-state index < -0.39 is 11.8 Å². The average Bonchev–Trinajstić information content (AvgIpc) is 2.65. The summed E-state index contributed by atoms with van der Waals surface area (Å²) in [6, 6.07) is 5.80. The van der Waals surface area contributed by atoms with Crippen LogP contribution in [0.1, 0.15) is 10.5 Å². The van der Waals surface area contributed by atoms with Gasteiger partial charge in [-0.15, -0.1) is 0 Å². The van der Waals surface area contributed by atoms with Gasteiger partial charge in [-0.3, -0.25) is 4.68 Å². The molecule has 0 spiro atoms. The fourth-order valence-corrected chi connectivity index (χ4v) is 1.71. The van der Waals surface area contributed by atoms with E-state index in [4.69, 9.17) is 5.73 Å². The predicted molar refractivity (Wildman–Crippen MR) is 64.4 cm³/mol. The van der Waals surface area contributed by atoms with Crippen molar-refractivity contribution in [3.8, 4) is 11.1 Å². The second kappa shape index (κ2) is 4.48. The predicted octanol–water partition coefficient (Wildman–Crippen LogP) is 1.59. The van der Waals surface area contributed by atoms with Crippen LogP contribution in [0.4, 0.5) is 10.2 Å². The molecule has 0 atom stereocenters. The van der Waals surface area contributed by atoms with Crippen molar-refractivity contribution >= 4 is 11.8 Å². The standard InChI is InChI=1S/C12H12FN3O2/c1-16-11(14)9(10(15-16)12(17)18-2)7-4-3-5-8(13)6-7/h3-6H,14H2,1-2H3. The van der Waals surface area contributed by atoms with E-state index in [1.165, 1.54) is 30.0 Å². The normalized spacial score (nSPS) is 10.4. The number of benzene rings is 1. The van der Waals surface area contributed by atoms with Gasteiger partial charge in [0.15, 0.2) is 5.69 Å². The zero-order chi connectivity index (χ0) is 13.3. The van der Waals surface area contributed by atoms with Gasteiger partial charge >= 0.3 is 5.97 Å². The molecule has 2 aromatic rings. The minimum Gasteiger partial charge on any atom is -0.464 e. The summed E-state index contributed by atoms with van der Waals surface area (Å²) < 4.78 is 19.2. The summed E-state index contributed by atoms with van der Waals surface area (Å²) in [5.41, 5.74) is 6.79. The fraction of sp³-hybridized carbons (Fsp3) is 0.167. The average molecular weight is 249 g/mol. The first-order valence-corrected chi connectivity index (χ1v) is 5.21. The van der Waals surface area contributed by atoms with Gasteiger partial charge in [-0.05, 0) is 17.7 Å². The van der Waals surface area contributed by atoms with Crippen molar-refractivity contribution in [3.05, 3.63) is 35.8 Å². The largest absolute Gasteiger partial charge is 0.464 e. The molecule has 1 heterocycles. The molecule has 6 heteroatoms. The second-order valence-electron chi connectivity index (χ2n) is 3.73. The summed E-state index contributed by atoms with van der Waals surface area (Å²) in [5, 5.41) is 3.98. The first-order chi connectivity index (χ1) is 8.54. The van der Waals surface area contributed by atoms with E-state index >= 15 is 0 Å². The first kappa shape index (κ1) is 12.1. The van der Waals surface area contributed by atoms with Gasteiger partial charge in [0.05, 0.1) is 12.7 Å². The van der Waals surface area contributed by atoms with Crippen molar-refractivity contribution in [2.24, 2.45) is 7.05 Å². The number of anilines is 1. The Hall–Kier alpha value is -2.37. The molecule has 1 aromatic carbocycles. The third-order valence-electron chi connectivity index (χ3n) is 2.58. The van der Waals surface area contributed by atoms with Gasteiger partial charge in [0.2, 0.25) is 0 Å². The van der Waals surface area contributed by atoms with Gasteiger partial charge in [0.1, 0.15) is 11.6 Å². The number of nitrogens with two attached hydrogens (primary N) is 1. The van der Waals surface area contributed by atoms with Crippen molar-refractivity contribution in [1.29, 1.82) is 0 Å². The summed E-state index contributed by atoms with van der Waals surface area (Å²) in [4.78, 5) is 11.6. The topological polar surface area (TPSA) is 70.1 Å². The molecule has 0 saturated heterocycles. The molecule has 0 amide bonds. The van der Waals surface area contributed by atoms with E-state index in [2.05, 4.69) is 9.84 Å². The number of nitrogen functional groups attached to an aromatic ring is 1. The maximum atomic E-state index is 13.2. The number of aromatic nitrogens is 2. The Balaban J connectivity index is 2.66. The number of esters is 1. The van der Waals surface area contributed by atoms with Crippen LogP contribution < -0.4 is 5.73 Å². The SMILES string of the molecule is COC(=O)c1nn(C)c(N)c1-c1cccc(F)c1. The molecule has 0 radical (unpaired) electrons. The van der Waals surface area contributed by atoms with Crippen molar-refractivity contribution in [2.45, 2.75) is 0 Å². The number of carbonyl (C=O) groups excluding carboxylic acids is 1. The maximum absolute atomic E-state index is 13.2. The lowest BCUT2D eigenvalue weighted by molar-refractivity contribution is 0.0594. The van der Waals surface area contributed by atoms with Gasteiger partial charge in [0.25, 0.3) is 0 Å². The molecule has 18 heavy (non-hydrogen) atoms. The minimum absolute atomic E-state index is 0.0723. The van der Waals surface area contributed by atoms with E-state index in [1.54, 1.807) is 13.1 Å². The molecule has 0 fully saturated rings. The smallest absolute Gasteiger partial charge is 0.359 e. The summed E-state index contributed by atoms with van der Waals surface area (Å²) in [5.74, 6) is -0.742. The highest BCUT2D eigenvalue weighted by Crippen LogP contribution is 2.30. The Labute approximate surface area is 103 Å².